The van der Waals surface area contributed by atoms with Crippen LogP contribution in [0, 0.1) is 12.7 Å². The Bertz CT molecular complexity index is 738. The molecule has 21 heavy (non-hydrogen) atoms. The van der Waals surface area contributed by atoms with Crippen molar-refractivity contribution >= 4 is 22.8 Å². The van der Waals surface area contributed by atoms with Crippen molar-refractivity contribution < 1.29 is 19.1 Å². The number of amides is 1. The first-order chi connectivity index (χ1) is 9.97. The molecule has 2 heterocycles. The van der Waals surface area contributed by atoms with Crippen molar-refractivity contribution in [2.45, 2.75) is 25.8 Å². The number of likely N-dealkylation sites (tertiary alicyclic amines) is 1. The minimum absolute atomic E-state index is 0.298. The molecule has 0 bridgehead atoms. The van der Waals surface area contributed by atoms with Gasteiger partial charge >= 0.3 is 5.97 Å². The number of H-pyrrole nitrogens is 1. The maximum Gasteiger partial charge on any atom is 0.326 e. The molecule has 0 aliphatic carbocycles. The molecule has 5 nitrogen and oxygen atoms in total. The number of aromatic amines is 1. The molecule has 1 saturated heterocycles. The minimum atomic E-state index is -0.987. The van der Waals surface area contributed by atoms with Crippen LogP contribution in [0.1, 0.15) is 28.9 Å². The second-order valence-corrected chi connectivity index (χ2v) is 5.36. The molecule has 1 fully saturated rings. The van der Waals surface area contributed by atoms with Crippen molar-refractivity contribution in [3.8, 4) is 0 Å². The van der Waals surface area contributed by atoms with E-state index in [1.54, 1.807) is 13.0 Å². The van der Waals surface area contributed by atoms with Gasteiger partial charge in [0.15, 0.2) is 0 Å². The Hall–Kier alpha value is -2.37. The Kier molecular flexibility index (Phi) is 3.16. The lowest BCUT2D eigenvalue weighted by Crippen LogP contribution is -2.40. The molecule has 0 saturated carbocycles. The van der Waals surface area contributed by atoms with Crippen molar-refractivity contribution in [3.05, 3.63) is 35.3 Å². The van der Waals surface area contributed by atoms with Crippen LogP contribution in [0.2, 0.25) is 0 Å². The molecule has 1 aromatic carbocycles. The normalized spacial score (nSPS) is 18.4. The number of halogens is 1. The third-order valence-electron chi connectivity index (χ3n) is 3.94. The third kappa shape index (κ3) is 2.26. The summed E-state index contributed by atoms with van der Waals surface area (Å²) in [5.74, 6) is -1.71. The minimum Gasteiger partial charge on any atom is -0.480 e. The monoisotopic (exact) mass is 290 g/mol. The Labute approximate surface area is 120 Å². The highest BCUT2D eigenvalue weighted by atomic mass is 19.1. The lowest BCUT2D eigenvalue weighted by Gasteiger charge is -2.20. The number of rotatable bonds is 2. The van der Waals surface area contributed by atoms with E-state index in [0.29, 0.717) is 30.6 Å². The summed E-state index contributed by atoms with van der Waals surface area (Å²) in [6.07, 6.45) is 1.14. The zero-order chi connectivity index (χ0) is 15.1. The number of benzene rings is 1. The maximum absolute atomic E-state index is 13.4. The average Bonchev–Trinajstić information content (AvgIpc) is 3.03. The fourth-order valence-corrected chi connectivity index (χ4v) is 2.91. The van der Waals surface area contributed by atoms with Gasteiger partial charge in [-0.1, -0.05) is 0 Å². The van der Waals surface area contributed by atoms with Gasteiger partial charge in [-0.15, -0.1) is 0 Å². The molecule has 0 radical (unpaired) electrons. The first kappa shape index (κ1) is 13.6. The van der Waals surface area contributed by atoms with Crippen LogP contribution in [0.3, 0.4) is 0 Å². The summed E-state index contributed by atoms with van der Waals surface area (Å²) in [6, 6.07) is 3.61. The van der Waals surface area contributed by atoms with Gasteiger partial charge in [-0.3, -0.25) is 4.79 Å². The number of hydrogen-bond acceptors (Lipinski definition) is 2. The fourth-order valence-electron chi connectivity index (χ4n) is 2.91. The number of carboxylic acid groups (broad SMARTS) is 1. The number of nitrogens with zero attached hydrogens (tertiary/aromatic N) is 1. The smallest absolute Gasteiger partial charge is 0.326 e. The SMILES string of the molecule is Cc1cc(F)cc2[nH]c(C(=O)N3CCCC3C(=O)O)cc12. The predicted molar refractivity (Wildman–Crippen MR) is 74.7 cm³/mol. The molecule has 1 aromatic heterocycles. The molecule has 6 heteroatoms. The van der Waals surface area contributed by atoms with Crippen molar-refractivity contribution in [2.24, 2.45) is 0 Å². The van der Waals surface area contributed by atoms with E-state index in [4.69, 9.17) is 5.11 Å². The van der Waals surface area contributed by atoms with Crippen molar-refractivity contribution in [2.75, 3.05) is 6.54 Å². The van der Waals surface area contributed by atoms with E-state index in [2.05, 4.69) is 4.98 Å². The van der Waals surface area contributed by atoms with Gasteiger partial charge in [0.2, 0.25) is 0 Å². The van der Waals surface area contributed by atoms with E-state index in [-0.39, 0.29) is 11.7 Å². The standard InChI is InChI=1S/C15H15FN2O3/c1-8-5-9(16)6-11-10(8)7-12(17-11)14(19)18-4-2-3-13(18)15(20)21/h5-7,13,17H,2-4H2,1H3,(H,20,21). The summed E-state index contributed by atoms with van der Waals surface area (Å²) in [4.78, 5) is 27.9. The molecule has 110 valence electrons. The molecule has 1 unspecified atom stereocenters. The van der Waals surface area contributed by atoms with Crippen molar-refractivity contribution in [1.29, 1.82) is 0 Å². The average molecular weight is 290 g/mol. The summed E-state index contributed by atoms with van der Waals surface area (Å²) < 4.78 is 13.4. The summed E-state index contributed by atoms with van der Waals surface area (Å²) in [6.45, 7) is 2.20. The lowest BCUT2D eigenvalue weighted by atomic mass is 10.1. The van der Waals surface area contributed by atoms with E-state index in [0.717, 1.165) is 10.9 Å². The maximum atomic E-state index is 13.4. The second kappa shape index (κ2) is 4.87. The number of nitrogens with one attached hydrogen (secondary N) is 1. The number of carbonyl (C=O) groups is 2. The highest BCUT2D eigenvalue weighted by Gasteiger charge is 2.35. The largest absolute Gasteiger partial charge is 0.480 e. The second-order valence-electron chi connectivity index (χ2n) is 5.36. The third-order valence-corrected chi connectivity index (χ3v) is 3.94. The van der Waals surface area contributed by atoms with Crippen LogP contribution >= 0.6 is 0 Å². The lowest BCUT2D eigenvalue weighted by molar-refractivity contribution is -0.141. The molecule has 1 amide bonds. The number of hydrogen-bond donors (Lipinski definition) is 2. The van der Waals surface area contributed by atoms with Gasteiger partial charge in [0.25, 0.3) is 5.91 Å². The van der Waals surface area contributed by atoms with E-state index >= 15 is 0 Å². The van der Waals surface area contributed by atoms with Crippen LogP contribution in [-0.2, 0) is 4.79 Å². The van der Waals surface area contributed by atoms with E-state index in [9.17, 15) is 14.0 Å². The van der Waals surface area contributed by atoms with Gasteiger partial charge in [0, 0.05) is 17.4 Å². The Morgan fingerprint density at radius 3 is 2.86 bits per heavy atom. The highest BCUT2D eigenvalue weighted by molar-refractivity contribution is 6.00. The topological polar surface area (TPSA) is 73.4 Å². The summed E-state index contributed by atoms with van der Waals surface area (Å²) in [7, 11) is 0. The van der Waals surface area contributed by atoms with Gasteiger partial charge in [-0.05, 0) is 43.5 Å². The first-order valence-corrected chi connectivity index (χ1v) is 6.80. The quantitative estimate of drug-likeness (QED) is 0.891. The van der Waals surface area contributed by atoms with E-state index in [1.807, 2.05) is 0 Å². The summed E-state index contributed by atoms with van der Waals surface area (Å²) >= 11 is 0. The molecular formula is C15H15FN2O3. The van der Waals surface area contributed by atoms with Crippen molar-refractivity contribution in [3.63, 3.8) is 0 Å². The summed E-state index contributed by atoms with van der Waals surface area (Å²) in [5.41, 5.74) is 1.57. The Morgan fingerprint density at radius 1 is 1.38 bits per heavy atom. The van der Waals surface area contributed by atoms with Crippen molar-refractivity contribution in [1.82, 2.24) is 9.88 Å². The molecule has 1 aliphatic rings. The molecule has 1 aliphatic heterocycles. The fraction of sp³-hybridized carbons (Fsp3) is 0.333. The number of fused-ring (bicyclic) bond motifs is 1. The number of aryl methyl sites for hydroxylation is 1. The predicted octanol–water partition coefficient (Wildman–Crippen LogP) is 2.30. The molecule has 0 spiro atoms. The van der Waals surface area contributed by atoms with E-state index < -0.39 is 12.0 Å². The van der Waals surface area contributed by atoms with Gasteiger partial charge < -0.3 is 15.0 Å². The molecule has 3 rings (SSSR count). The van der Waals surface area contributed by atoms with Gasteiger partial charge in [-0.25, -0.2) is 9.18 Å². The van der Waals surface area contributed by atoms with Crippen LogP contribution < -0.4 is 0 Å². The molecule has 1 atom stereocenters. The van der Waals surface area contributed by atoms with Crippen LogP contribution in [0.25, 0.3) is 10.9 Å². The number of carboxylic acids is 1. The number of aliphatic carboxylic acids is 1. The van der Waals surface area contributed by atoms with Crippen LogP contribution in [0.15, 0.2) is 18.2 Å². The molecule has 2 N–H and O–H groups in total. The van der Waals surface area contributed by atoms with Gasteiger partial charge in [0.1, 0.15) is 17.6 Å². The van der Waals surface area contributed by atoms with Crippen LogP contribution in [-0.4, -0.2) is 39.5 Å². The van der Waals surface area contributed by atoms with Crippen LogP contribution in [0.5, 0.6) is 0 Å². The molecular weight excluding hydrogens is 275 g/mol. The summed E-state index contributed by atoms with van der Waals surface area (Å²) in [5, 5.41) is 9.92. The zero-order valence-corrected chi connectivity index (χ0v) is 11.5. The Balaban J connectivity index is 1.98. The number of carbonyl (C=O) groups excluding carboxylic acids is 1. The highest BCUT2D eigenvalue weighted by Crippen LogP contribution is 2.24. The Morgan fingerprint density at radius 2 is 2.14 bits per heavy atom. The van der Waals surface area contributed by atoms with Gasteiger partial charge in [0.05, 0.1) is 0 Å². The van der Waals surface area contributed by atoms with E-state index in [1.165, 1.54) is 17.0 Å². The van der Waals surface area contributed by atoms with Crippen LogP contribution in [0.4, 0.5) is 4.39 Å². The van der Waals surface area contributed by atoms with Gasteiger partial charge in [-0.2, -0.15) is 0 Å². The molecule has 2 aromatic rings. The number of aromatic nitrogens is 1. The zero-order valence-electron chi connectivity index (χ0n) is 11.5. The first-order valence-electron chi connectivity index (χ1n) is 6.80.